The second kappa shape index (κ2) is 7.73. The molecule has 1 aromatic heterocycles. The third-order valence-electron chi connectivity index (χ3n) is 3.21. The molecule has 0 aliphatic carbocycles. The molecule has 1 heterocycles. The summed E-state index contributed by atoms with van der Waals surface area (Å²) in [7, 11) is -3.10. The molecule has 0 radical (unpaired) electrons. The lowest BCUT2D eigenvalue weighted by Crippen LogP contribution is -2.40. The highest BCUT2D eigenvalue weighted by molar-refractivity contribution is 7.90. The van der Waals surface area contributed by atoms with Crippen LogP contribution < -0.4 is 10.6 Å². The van der Waals surface area contributed by atoms with E-state index in [1.165, 1.54) is 0 Å². The Hall–Kier alpha value is -2.41. The smallest absolute Gasteiger partial charge is 0.315 e. The number of carbonyl (C=O) groups is 1. The number of sulfone groups is 1. The Morgan fingerprint density at radius 1 is 1.09 bits per heavy atom. The highest BCUT2D eigenvalue weighted by atomic mass is 32.2. The van der Waals surface area contributed by atoms with E-state index >= 15 is 0 Å². The topological polar surface area (TPSA) is 88.2 Å². The van der Waals surface area contributed by atoms with Crippen LogP contribution in [0.4, 0.5) is 4.79 Å². The molecule has 1 atom stereocenters. The molecule has 0 bridgehead atoms. The average molecular weight is 333 g/mol. The van der Waals surface area contributed by atoms with Gasteiger partial charge in [0.25, 0.3) is 0 Å². The first-order valence-corrected chi connectivity index (χ1v) is 9.19. The van der Waals surface area contributed by atoms with Crippen molar-refractivity contribution in [3.63, 3.8) is 0 Å². The molecule has 23 heavy (non-hydrogen) atoms. The minimum atomic E-state index is -3.10. The number of nitrogens with zero attached hydrogens (tertiary/aromatic N) is 1. The Kier molecular flexibility index (Phi) is 5.70. The quantitative estimate of drug-likeness (QED) is 0.839. The summed E-state index contributed by atoms with van der Waals surface area (Å²) in [6.45, 7) is 0.0719. The maximum atomic E-state index is 12.1. The van der Waals surface area contributed by atoms with Gasteiger partial charge in [-0.1, -0.05) is 30.3 Å². The fourth-order valence-corrected chi connectivity index (χ4v) is 2.57. The van der Waals surface area contributed by atoms with Gasteiger partial charge in [0.1, 0.15) is 9.84 Å². The molecular formula is C16H19N3O3S. The van der Waals surface area contributed by atoms with Crippen molar-refractivity contribution >= 4 is 15.9 Å². The van der Waals surface area contributed by atoms with Crippen molar-refractivity contribution in [2.45, 2.75) is 6.04 Å². The zero-order valence-corrected chi connectivity index (χ0v) is 13.6. The van der Waals surface area contributed by atoms with E-state index in [-0.39, 0.29) is 18.3 Å². The van der Waals surface area contributed by atoms with Crippen molar-refractivity contribution < 1.29 is 13.2 Å². The Bertz CT molecular complexity index is 694. The van der Waals surface area contributed by atoms with E-state index in [9.17, 15) is 13.2 Å². The van der Waals surface area contributed by atoms with Crippen LogP contribution in [-0.2, 0) is 9.84 Å². The Balaban J connectivity index is 2.08. The summed E-state index contributed by atoms with van der Waals surface area (Å²) in [6.07, 6.45) is 4.46. The van der Waals surface area contributed by atoms with Crippen molar-refractivity contribution in [3.8, 4) is 0 Å². The SMILES string of the molecule is CS(=O)(=O)CCNC(=O)N[C@H](c1ccccc1)c1ccncc1. The number of benzene rings is 1. The number of amides is 2. The average Bonchev–Trinajstić information content (AvgIpc) is 2.53. The van der Waals surface area contributed by atoms with Gasteiger partial charge in [-0.25, -0.2) is 13.2 Å². The van der Waals surface area contributed by atoms with Crippen LogP contribution >= 0.6 is 0 Å². The Morgan fingerprint density at radius 2 is 1.70 bits per heavy atom. The van der Waals surface area contributed by atoms with E-state index in [2.05, 4.69) is 15.6 Å². The molecule has 0 spiro atoms. The zero-order chi connectivity index (χ0) is 16.7. The summed E-state index contributed by atoms with van der Waals surface area (Å²) in [4.78, 5) is 16.0. The molecule has 0 saturated heterocycles. The van der Waals surface area contributed by atoms with Gasteiger partial charge in [-0.15, -0.1) is 0 Å². The van der Waals surface area contributed by atoms with Gasteiger partial charge in [-0.05, 0) is 23.3 Å². The number of hydrogen-bond donors (Lipinski definition) is 2. The van der Waals surface area contributed by atoms with Crippen molar-refractivity contribution in [1.82, 2.24) is 15.6 Å². The summed E-state index contributed by atoms with van der Waals surface area (Å²) in [5, 5.41) is 5.43. The van der Waals surface area contributed by atoms with Crippen LogP contribution in [-0.4, -0.2) is 38.0 Å². The van der Waals surface area contributed by atoms with Crippen LogP contribution in [0, 0.1) is 0 Å². The van der Waals surface area contributed by atoms with Crippen LogP contribution in [0.25, 0.3) is 0 Å². The Labute approximate surface area is 135 Å². The molecule has 2 rings (SSSR count). The molecule has 2 N–H and O–H groups in total. The molecule has 6 nitrogen and oxygen atoms in total. The number of rotatable bonds is 6. The molecule has 1 aromatic carbocycles. The largest absolute Gasteiger partial charge is 0.337 e. The van der Waals surface area contributed by atoms with Crippen molar-refractivity contribution in [2.24, 2.45) is 0 Å². The summed E-state index contributed by atoms with van der Waals surface area (Å²) in [5.74, 6) is -0.0916. The summed E-state index contributed by atoms with van der Waals surface area (Å²) in [5.41, 5.74) is 1.82. The van der Waals surface area contributed by atoms with Crippen molar-refractivity contribution in [1.29, 1.82) is 0 Å². The highest BCUT2D eigenvalue weighted by Crippen LogP contribution is 2.20. The molecule has 2 aromatic rings. The lowest BCUT2D eigenvalue weighted by atomic mass is 10.00. The van der Waals surface area contributed by atoms with Crippen LogP contribution in [0.5, 0.6) is 0 Å². The summed E-state index contributed by atoms with van der Waals surface area (Å²) in [6, 6.07) is 12.4. The third-order valence-corrected chi connectivity index (χ3v) is 4.15. The normalized spacial score (nSPS) is 12.4. The molecular weight excluding hydrogens is 314 g/mol. The predicted octanol–water partition coefficient (Wildman–Crippen LogP) is 1.51. The molecule has 122 valence electrons. The Morgan fingerprint density at radius 3 is 2.30 bits per heavy atom. The van der Waals surface area contributed by atoms with Gasteiger partial charge in [0.2, 0.25) is 0 Å². The molecule has 0 saturated carbocycles. The summed E-state index contributed by atoms with van der Waals surface area (Å²) >= 11 is 0. The number of hydrogen-bond acceptors (Lipinski definition) is 4. The molecule has 0 fully saturated rings. The monoisotopic (exact) mass is 333 g/mol. The van der Waals surface area contributed by atoms with E-state index in [1.807, 2.05) is 42.5 Å². The second-order valence-corrected chi connectivity index (χ2v) is 7.41. The van der Waals surface area contributed by atoms with Crippen molar-refractivity contribution in [2.75, 3.05) is 18.6 Å². The van der Waals surface area contributed by atoms with Gasteiger partial charge in [-0.3, -0.25) is 4.98 Å². The van der Waals surface area contributed by atoms with Crippen LogP contribution in [0.1, 0.15) is 17.2 Å². The maximum absolute atomic E-state index is 12.1. The van der Waals surface area contributed by atoms with Gasteiger partial charge in [0.05, 0.1) is 11.8 Å². The minimum absolute atomic E-state index is 0.0719. The fourth-order valence-electron chi connectivity index (χ4n) is 2.09. The predicted molar refractivity (Wildman–Crippen MR) is 88.8 cm³/mol. The highest BCUT2D eigenvalue weighted by Gasteiger charge is 2.16. The number of carbonyl (C=O) groups excluding carboxylic acids is 1. The van der Waals surface area contributed by atoms with Gasteiger partial charge in [0, 0.05) is 25.2 Å². The first kappa shape index (κ1) is 17.0. The van der Waals surface area contributed by atoms with E-state index in [0.29, 0.717) is 0 Å². The molecule has 0 unspecified atom stereocenters. The molecule has 0 aliphatic rings. The van der Waals surface area contributed by atoms with Crippen LogP contribution in [0.3, 0.4) is 0 Å². The van der Waals surface area contributed by atoms with Gasteiger partial charge >= 0.3 is 6.03 Å². The van der Waals surface area contributed by atoms with Crippen molar-refractivity contribution in [3.05, 3.63) is 66.0 Å². The van der Waals surface area contributed by atoms with E-state index in [0.717, 1.165) is 17.4 Å². The lowest BCUT2D eigenvalue weighted by Gasteiger charge is -2.20. The first-order valence-electron chi connectivity index (χ1n) is 7.13. The second-order valence-electron chi connectivity index (χ2n) is 5.15. The number of pyridine rings is 1. The number of urea groups is 1. The third kappa shape index (κ3) is 5.71. The van der Waals surface area contributed by atoms with E-state index < -0.39 is 15.9 Å². The van der Waals surface area contributed by atoms with Crippen LogP contribution in [0.15, 0.2) is 54.9 Å². The minimum Gasteiger partial charge on any atom is -0.337 e. The number of nitrogens with one attached hydrogen (secondary N) is 2. The zero-order valence-electron chi connectivity index (χ0n) is 12.8. The molecule has 0 aliphatic heterocycles. The van der Waals surface area contributed by atoms with E-state index in [1.54, 1.807) is 12.4 Å². The molecule has 2 amide bonds. The van der Waals surface area contributed by atoms with Gasteiger partial charge < -0.3 is 10.6 Å². The fraction of sp³-hybridized carbons (Fsp3) is 0.250. The standard InChI is InChI=1S/C16H19N3O3S/c1-23(21,22)12-11-18-16(20)19-15(13-5-3-2-4-6-13)14-7-9-17-10-8-14/h2-10,15H,11-12H2,1H3,(H2,18,19,20)/t15-/m1/s1. The number of aromatic nitrogens is 1. The lowest BCUT2D eigenvalue weighted by molar-refractivity contribution is 0.239. The first-order chi connectivity index (χ1) is 11.0. The summed E-state index contributed by atoms with van der Waals surface area (Å²) < 4.78 is 22.2. The van der Waals surface area contributed by atoms with Crippen LogP contribution in [0.2, 0.25) is 0 Å². The molecule has 7 heteroatoms. The van der Waals surface area contributed by atoms with Gasteiger partial charge in [-0.2, -0.15) is 0 Å². The van der Waals surface area contributed by atoms with E-state index in [4.69, 9.17) is 0 Å². The maximum Gasteiger partial charge on any atom is 0.315 e. The van der Waals surface area contributed by atoms with Gasteiger partial charge in [0.15, 0.2) is 0 Å².